The van der Waals surface area contributed by atoms with E-state index in [4.69, 9.17) is 4.74 Å². The molecular formula is C16H15BrO2. The van der Waals surface area contributed by atoms with Crippen molar-refractivity contribution >= 4 is 22.2 Å². The first-order valence-electron chi connectivity index (χ1n) is 6.16. The number of carbonyl (C=O) groups excluding carboxylic acids is 1. The Hall–Kier alpha value is -1.61. The van der Waals surface area contributed by atoms with E-state index in [1.165, 1.54) is 0 Å². The van der Waals surface area contributed by atoms with Crippen LogP contribution in [-0.2, 0) is 11.2 Å². The van der Waals surface area contributed by atoms with Crippen LogP contribution in [0.3, 0.4) is 0 Å². The third-order valence-corrected chi connectivity index (χ3v) is 3.78. The molecule has 0 bridgehead atoms. The molecule has 0 heterocycles. The molecule has 0 atom stereocenters. The molecule has 0 unspecified atom stereocenters. The number of carbonyl (C=O) groups is 1. The lowest BCUT2D eigenvalue weighted by atomic mass is 10.1. The molecule has 0 aliphatic carbocycles. The molecule has 0 aliphatic rings. The number of aryl methyl sites for hydroxylation is 1. The van der Waals surface area contributed by atoms with E-state index in [2.05, 4.69) is 15.9 Å². The number of benzene rings is 2. The predicted octanol–water partition coefficient (Wildman–Crippen LogP) is 4.68. The molecule has 98 valence electrons. The van der Waals surface area contributed by atoms with Crippen molar-refractivity contribution in [2.75, 3.05) is 0 Å². The molecule has 0 saturated heterocycles. The summed E-state index contributed by atoms with van der Waals surface area (Å²) in [4.78, 5) is 10.3. The lowest BCUT2D eigenvalue weighted by Crippen LogP contribution is -1.90. The van der Waals surface area contributed by atoms with Crippen molar-refractivity contribution in [3.05, 3.63) is 58.1 Å². The van der Waals surface area contributed by atoms with E-state index in [9.17, 15) is 4.79 Å². The number of aldehydes is 1. The van der Waals surface area contributed by atoms with Gasteiger partial charge in [0, 0.05) is 16.5 Å². The minimum atomic E-state index is 0.560. The van der Waals surface area contributed by atoms with Gasteiger partial charge < -0.3 is 9.53 Å². The molecule has 2 nitrogen and oxygen atoms in total. The van der Waals surface area contributed by atoms with Gasteiger partial charge in [-0.25, -0.2) is 0 Å². The molecule has 0 N–H and O–H groups in total. The van der Waals surface area contributed by atoms with E-state index in [-0.39, 0.29) is 0 Å². The van der Waals surface area contributed by atoms with Gasteiger partial charge in [0.2, 0.25) is 0 Å². The van der Waals surface area contributed by atoms with Crippen molar-refractivity contribution in [1.82, 2.24) is 0 Å². The van der Waals surface area contributed by atoms with Gasteiger partial charge in [-0.15, -0.1) is 0 Å². The van der Waals surface area contributed by atoms with Gasteiger partial charge in [-0.3, -0.25) is 0 Å². The highest BCUT2D eigenvalue weighted by Gasteiger charge is 2.04. The third kappa shape index (κ3) is 3.67. The van der Waals surface area contributed by atoms with Gasteiger partial charge in [0.05, 0.1) is 0 Å². The maximum absolute atomic E-state index is 10.3. The summed E-state index contributed by atoms with van der Waals surface area (Å²) in [5.41, 5.74) is 2.22. The molecule has 2 aromatic carbocycles. The predicted molar refractivity (Wildman–Crippen MR) is 79.8 cm³/mol. The van der Waals surface area contributed by atoms with Gasteiger partial charge in [-0.2, -0.15) is 0 Å². The summed E-state index contributed by atoms with van der Waals surface area (Å²) >= 11 is 3.49. The maximum Gasteiger partial charge on any atom is 0.131 e. The molecule has 0 saturated carbocycles. The van der Waals surface area contributed by atoms with Crippen LogP contribution in [0.2, 0.25) is 0 Å². The van der Waals surface area contributed by atoms with Crippen molar-refractivity contribution in [3.8, 4) is 11.5 Å². The Bertz CT molecular complexity index is 561. The number of hydrogen-bond acceptors (Lipinski definition) is 2. The second kappa shape index (κ2) is 6.53. The zero-order valence-corrected chi connectivity index (χ0v) is 12.3. The van der Waals surface area contributed by atoms with Gasteiger partial charge >= 0.3 is 0 Å². The normalized spacial score (nSPS) is 10.2. The van der Waals surface area contributed by atoms with Crippen LogP contribution in [0, 0.1) is 6.92 Å². The SMILES string of the molecule is Cc1c(Br)cccc1Oc1ccc(CCC=O)cc1. The molecule has 0 amide bonds. The summed E-state index contributed by atoms with van der Waals surface area (Å²) in [6.07, 6.45) is 2.28. The smallest absolute Gasteiger partial charge is 0.131 e. The second-order valence-electron chi connectivity index (χ2n) is 4.31. The van der Waals surface area contributed by atoms with Crippen molar-refractivity contribution in [2.24, 2.45) is 0 Å². The van der Waals surface area contributed by atoms with Gasteiger partial charge in [-0.05, 0) is 43.2 Å². The number of halogens is 1. The van der Waals surface area contributed by atoms with E-state index < -0.39 is 0 Å². The van der Waals surface area contributed by atoms with Crippen LogP contribution in [0.5, 0.6) is 11.5 Å². The second-order valence-corrected chi connectivity index (χ2v) is 5.17. The van der Waals surface area contributed by atoms with Crippen molar-refractivity contribution in [3.63, 3.8) is 0 Å². The van der Waals surface area contributed by atoms with Crippen LogP contribution in [0.4, 0.5) is 0 Å². The summed E-state index contributed by atoms with van der Waals surface area (Å²) in [6.45, 7) is 2.01. The summed E-state index contributed by atoms with van der Waals surface area (Å²) in [7, 11) is 0. The zero-order chi connectivity index (χ0) is 13.7. The van der Waals surface area contributed by atoms with Crippen LogP contribution in [-0.4, -0.2) is 6.29 Å². The fourth-order valence-corrected chi connectivity index (χ4v) is 2.12. The van der Waals surface area contributed by atoms with E-state index in [1.54, 1.807) is 0 Å². The van der Waals surface area contributed by atoms with Crippen LogP contribution in [0.15, 0.2) is 46.9 Å². The minimum absolute atomic E-state index is 0.560. The molecule has 0 aliphatic heterocycles. The van der Waals surface area contributed by atoms with Crippen molar-refractivity contribution < 1.29 is 9.53 Å². The van der Waals surface area contributed by atoms with E-state index in [0.717, 1.165) is 39.8 Å². The van der Waals surface area contributed by atoms with E-state index in [0.29, 0.717) is 6.42 Å². The Kier molecular flexibility index (Phi) is 4.74. The lowest BCUT2D eigenvalue weighted by Gasteiger charge is -2.10. The van der Waals surface area contributed by atoms with E-state index in [1.807, 2.05) is 49.4 Å². The van der Waals surface area contributed by atoms with Gasteiger partial charge in [-0.1, -0.05) is 34.1 Å². The summed E-state index contributed by atoms with van der Waals surface area (Å²) in [6, 6.07) is 13.7. The minimum Gasteiger partial charge on any atom is -0.457 e. The van der Waals surface area contributed by atoms with Gasteiger partial charge in [0.1, 0.15) is 17.8 Å². The van der Waals surface area contributed by atoms with Crippen LogP contribution in [0.25, 0.3) is 0 Å². The fraction of sp³-hybridized carbons (Fsp3) is 0.188. The third-order valence-electron chi connectivity index (χ3n) is 2.92. The Labute approximate surface area is 121 Å². The molecule has 19 heavy (non-hydrogen) atoms. The van der Waals surface area contributed by atoms with Crippen molar-refractivity contribution in [2.45, 2.75) is 19.8 Å². The monoisotopic (exact) mass is 318 g/mol. The Morgan fingerprint density at radius 3 is 2.58 bits per heavy atom. The summed E-state index contributed by atoms with van der Waals surface area (Å²) < 4.78 is 6.88. The fourth-order valence-electron chi connectivity index (χ4n) is 1.77. The molecule has 2 aromatic rings. The first kappa shape index (κ1) is 13.8. The summed E-state index contributed by atoms with van der Waals surface area (Å²) in [5, 5.41) is 0. The largest absolute Gasteiger partial charge is 0.457 e. The van der Waals surface area contributed by atoms with Gasteiger partial charge in [0.25, 0.3) is 0 Å². The lowest BCUT2D eigenvalue weighted by molar-refractivity contribution is -0.107. The summed E-state index contributed by atoms with van der Waals surface area (Å²) in [5.74, 6) is 1.64. The van der Waals surface area contributed by atoms with Gasteiger partial charge in [0.15, 0.2) is 0 Å². The van der Waals surface area contributed by atoms with Crippen LogP contribution < -0.4 is 4.74 Å². The topological polar surface area (TPSA) is 26.3 Å². The Morgan fingerprint density at radius 2 is 1.89 bits per heavy atom. The Balaban J connectivity index is 2.11. The van der Waals surface area contributed by atoms with Crippen LogP contribution >= 0.6 is 15.9 Å². The highest BCUT2D eigenvalue weighted by atomic mass is 79.9. The molecule has 0 radical (unpaired) electrons. The average Bonchev–Trinajstić information content (AvgIpc) is 2.43. The molecular weight excluding hydrogens is 304 g/mol. The maximum atomic E-state index is 10.3. The van der Waals surface area contributed by atoms with Crippen molar-refractivity contribution in [1.29, 1.82) is 0 Å². The first-order chi connectivity index (χ1) is 9.20. The highest BCUT2D eigenvalue weighted by molar-refractivity contribution is 9.10. The number of rotatable bonds is 5. The highest BCUT2D eigenvalue weighted by Crippen LogP contribution is 2.29. The average molecular weight is 319 g/mol. The van der Waals surface area contributed by atoms with Crippen LogP contribution in [0.1, 0.15) is 17.5 Å². The number of hydrogen-bond donors (Lipinski definition) is 0. The molecule has 0 spiro atoms. The Morgan fingerprint density at radius 1 is 1.16 bits per heavy atom. The molecule has 2 rings (SSSR count). The van der Waals surface area contributed by atoms with E-state index >= 15 is 0 Å². The first-order valence-corrected chi connectivity index (χ1v) is 6.95. The quantitative estimate of drug-likeness (QED) is 0.748. The molecule has 0 aromatic heterocycles. The number of ether oxygens (including phenoxy) is 1. The molecule has 0 fully saturated rings. The molecule has 3 heteroatoms. The standard InChI is InChI=1S/C16H15BrO2/c1-12-15(17)5-2-6-16(12)19-14-9-7-13(8-10-14)4-3-11-18/h2,5-11H,3-4H2,1H3. The zero-order valence-electron chi connectivity index (χ0n) is 10.7.